The van der Waals surface area contributed by atoms with Gasteiger partial charge in [-0.1, -0.05) is 61.7 Å². The molecule has 4 atom stereocenters. The van der Waals surface area contributed by atoms with Gasteiger partial charge in [0, 0.05) is 39.5 Å². The Morgan fingerprint density at radius 3 is 1.49 bits per heavy atom. The molecule has 0 N–H and O–H groups in total. The van der Waals surface area contributed by atoms with E-state index in [9.17, 15) is 17.3 Å². The predicted octanol–water partition coefficient (Wildman–Crippen LogP) is 9.93. The van der Waals surface area contributed by atoms with Crippen molar-refractivity contribution in [2.75, 3.05) is 0 Å². The minimum absolute atomic E-state index is 0. The molecule has 0 amide bonds. The number of hydrogen-bond acceptors (Lipinski definition) is 1. The van der Waals surface area contributed by atoms with Crippen LogP contribution in [0.4, 0.5) is 17.3 Å². The zero-order chi connectivity index (χ0) is 26.3. The van der Waals surface area contributed by atoms with Crippen LogP contribution in [0.25, 0.3) is 10.1 Å². The first-order valence-electron chi connectivity index (χ1n) is 13.3. The summed E-state index contributed by atoms with van der Waals surface area (Å²) in [5.74, 6) is 0. The molecule has 3 aliphatic rings. The molecule has 2 saturated heterocycles. The van der Waals surface area contributed by atoms with Gasteiger partial charge < -0.3 is 17.3 Å². The first-order chi connectivity index (χ1) is 17.1. The second-order valence-corrected chi connectivity index (χ2v) is 17.6. The summed E-state index contributed by atoms with van der Waals surface area (Å²) in [6.07, 6.45) is 19.8. The van der Waals surface area contributed by atoms with Crippen LogP contribution in [-0.2, 0) is 19.5 Å². The summed E-state index contributed by atoms with van der Waals surface area (Å²) in [6.45, 7) is 10.1. The van der Waals surface area contributed by atoms with E-state index in [2.05, 4.69) is 89.0 Å². The molecule has 1 aromatic heterocycles. The molecule has 2 aliphatic heterocycles. The Morgan fingerprint density at radius 2 is 1.05 bits per heavy atom. The number of halogens is 4. The van der Waals surface area contributed by atoms with Crippen molar-refractivity contribution in [1.82, 2.24) is 0 Å². The summed E-state index contributed by atoms with van der Waals surface area (Å²) in [4.78, 5) is 0. The van der Waals surface area contributed by atoms with Gasteiger partial charge >= 0.3 is 7.25 Å². The summed E-state index contributed by atoms with van der Waals surface area (Å²) >= 11 is 2.16. The van der Waals surface area contributed by atoms with Crippen molar-refractivity contribution in [3.63, 3.8) is 0 Å². The Labute approximate surface area is 241 Å². The summed E-state index contributed by atoms with van der Waals surface area (Å²) in [6, 6.07) is 9.29. The number of rotatable bonds is 2. The van der Waals surface area contributed by atoms with Crippen LogP contribution >= 0.6 is 27.2 Å². The third-order valence-corrected chi connectivity index (χ3v) is 16.0. The van der Waals surface area contributed by atoms with Gasteiger partial charge in [0.2, 0.25) is 0 Å². The van der Waals surface area contributed by atoms with E-state index in [-0.39, 0.29) is 35.3 Å². The molecule has 3 fully saturated rings. The Kier molecular flexibility index (Phi) is 14.6. The van der Waals surface area contributed by atoms with Crippen molar-refractivity contribution in [3.05, 3.63) is 49.9 Å². The SMILES string of the molecule is C[C@H]1CC[C@H](C)P1c1sc2ccccc2c1P1[C@@H](C)CC[C@@H]1C.F[B-](F)(F)F.[CH]1[CH]CC[CH][CH]CC1.[Rh]. The third kappa shape index (κ3) is 10.1. The minimum atomic E-state index is -6.00. The zero-order valence-corrected chi connectivity index (χ0v) is 26.6. The summed E-state index contributed by atoms with van der Waals surface area (Å²) in [5.41, 5.74) is 3.69. The van der Waals surface area contributed by atoms with Crippen LogP contribution in [-0.4, -0.2) is 29.9 Å². The molecule has 1 aromatic carbocycles. The molecular formula is C28H40BF4P2RhS-. The van der Waals surface area contributed by atoms with E-state index in [0.717, 1.165) is 22.6 Å². The topological polar surface area (TPSA) is 0 Å². The molecule has 5 rings (SSSR count). The first kappa shape index (κ1) is 33.7. The Balaban J connectivity index is 0.000000286. The molecule has 1 saturated carbocycles. The molecule has 3 heterocycles. The Hall–Kier alpha value is 0.448. The molecule has 209 valence electrons. The van der Waals surface area contributed by atoms with Gasteiger partial charge in [0.1, 0.15) is 0 Å². The van der Waals surface area contributed by atoms with E-state index >= 15 is 0 Å². The fourth-order valence-corrected chi connectivity index (χ4v) is 15.6. The quantitative estimate of drug-likeness (QED) is 0.171. The van der Waals surface area contributed by atoms with Crippen molar-refractivity contribution < 1.29 is 36.7 Å². The second-order valence-electron chi connectivity index (χ2n) is 10.2. The maximum atomic E-state index is 9.75. The maximum Gasteiger partial charge on any atom is 0.673 e. The normalized spacial score (nSPS) is 27.4. The number of fused-ring (bicyclic) bond motifs is 1. The fourth-order valence-electron chi connectivity index (χ4n) is 5.53. The van der Waals surface area contributed by atoms with Gasteiger partial charge in [-0.15, -0.1) is 11.3 Å². The molecule has 0 unspecified atom stereocenters. The van der Waals surface area contributed by atoms with Gasteiger partial charge in [0.15, 0.2) is 0 Å². The van der Waals surface area contributed by atoms with E-state index in [0.29, 0.717) is 0 Å². The third-order valence-electron chi connectivity index (χ3n) is 7.28. The standard InChI is InChI=1S/C20H28P2S.C8H12.BF4.Rh/c1-13-9-10-14(2)21(13)19-17-7-5-6-8-18(17)23-20(19)22-15(3)11-12-16(22)4;1-2-4-6-8-7-5-3-1;2-1(3,4)5;/h5-8,13-16H,9-12H2,1-4H3;1-2,7-8H,3-6H2;;/q;;-1;/t13-,14-,15-,16-;;;/m0.../s1. The van der Waals surface area contributed by atoms with Gasteiger partial charge in [-0.25, -0.2) is 0 Å². The van der Waals surface area contributed by atoms with Crippen LogP contribution in [0.5, 0.6) is 0 Å². The largest absolute Gasteiger partial charge is 0.673 e. The van der Waals surface area contributed by atoms with Crippen molar-refractivity contribution in [1.29, 1.82) is 0 Å². The molecule has 37 heavy (non-hydrogen) atoms. The molecule has 2 aromatic rings. The van der Waals surface area contributed by atoms with E-state index in [4.69, 9.17) is 0 Å². The maximum absolute atomic E-state index is 9.75. The van der Waals surface area contributed by atoms with Crippen molar-refractivity contribution in [2.24, 2.45) is 0 Å². The average molecular weight is 660 g/mol. The van der Waals surface area contributed by atoms with Crippen LogP contribution in [0.2, 0.25) is 0 Å². The second kappa shape index (κ2) is 16.0. The minimum Gasteiger partial charge on any atom is -0.418 e. The first-order valence-corrected chi connectivity index (χ1v) is 17.1. The Bertz CT molecular complexity index is 891. The van der Waals surface area contributed by atoms with Gasteiger partial charge in [-0.2, -0.15) is 0 Å². The molecule has 9 heteroatoms. The molecule has 0 spiro atoms. The monoisotopic (exact) mass is 660 g/mol. The molecule has 5 radical (unpaired) electrons. The molecule has 0 nitrogen and oxygen atoms in total. The van der Waals surface area contributed by atoms with Gasteiger partial charge in [0.05, 0.1) is 0 Å². The summed E-state index contributed by atoms with van der Waals surface area (Å²) < 4.78 is 42.4. The Morgan fingerprint density at radius 1 is 0.676 bits per heavy atom. The number of thiophene rings is 1. The van der Waals surface area contributed by atoms with Gasteiger partial charge in [-0.05, 0) is 106 Å². The smallest absolute Gasteiger partial charge is 0.418 e. The van der Waals surface area contributed by atoms with Crippen LogP contribution < -0.4 is 9.92 Å². The molecule has 1 aliphatic carbocycles. The zero-order valence-electron chi connectivity index (χ0n) is 22.3. The van der Waals surface area contributed by atoms with Crippen molar-refractivity contribution in [3.8, 4) is 0 Å². The van der Waals surface area contributed by atoms with Crippen LogP contribution in [0.3, 0.4) is 0 Å². The number of hydrogen-bond donors (Lipinski definition) is 0. The molecule has 0 bridgehead atoms. The van der Waals surface area contributed by atoms with Crippen LogP contribution in [0, 0.1) is 25.7 Å². The predicted molar refractivity (Wildman–Crippen MR) is 157 cm³/mol. The van der Waals surface area contributed by atoms with Gasteiger partial charge in [-0.3, -0.25) is 0 Å². The van der Waals surface area contributed by atoms with Crippen molar-refractivity contribution >= 4 is 54.4 Å². The van der Waals surface area contributed by atoms with E-state index < -0.39 is 7.25 Å². The van der Waals surface area contributed by atoms with Crippen molar-refractivity contribution in [2.45, 2.75) is 102 Å². The summed E-state index contributed by atoms with van der Waals surface area (Å²) in [7, 11) is -5.92. The van der Waals surface area contributed by atoms with Gasteiger partial charge in [0.25, 0.3) is 0 Å². The van der Waals surface area contributed by atoms with E-state index in [1.807, 2.05) is 9.92 Å². The van der Waals surface area contributed by atoms with Crippen LogP contribution in [0.1, 0.15) is 79.1 Å². The van der Waals surface area contributed by atoms with Crippen LogP contribution in [0.15, 0.2) is 24.3 Å². The fraction of sp³-hybridized carbons (Fsp3) is 0.571. The summed E-state index contributed by atoms with van der Waals surface area (Å²) in [5, 5.41) is 3.47. The average Bonchev–Trinajstić information content (AvgIpc) is 3.41. The molecular weight excluding hydrogens is 620 g/mol. The number of benzene rings is 1. The van der Waals surface area contributed by atoms with E-state index in [1.54, 1.807) is 10.1 Å². The van der Waals surface area contributed by atoms with E-state index in [1.165, 1.54) is 51.4 Å².